The fourth-order valence-electron chi connectivity index (χ4n) is 3.57. The van der Waals surface area contributed by atoms with E-state index in [1.165, 1.54) is 0 Å². The van der Waals surface area contributed by atoms with Crippen LogP contribution in [0.2, 0.25) is 0 Å². The quantitative estimate of drug-likeness (QED) is 0.802. The Labute approximate surface area is 147 Å². The first-order chi connectivity index (χ1) is 12.1. The SMILES string of the molecule is Cc1ccc(CN(C(=O)CN2CCC[C@@H]2c2noc(C)n2)C2CC2)o1. The fourth-order valence-corrected chi connectivity index (χ4v) is 3.57. The molecule has 25 heavy (non-hydrogen) atoms. The van der Waals surface area contributed by atoms with Crippen LogP contribution in [0.4, 0.5) is 0 Å². The van der Waals surface area contributed by atoms with Crippen molar-refractivity contribution in [3.63, 3.8) is 0 Å². The molecule has 0 spiro atoms. The molecule has 1 saturated heterocycles. The van der Waals surface area contributed by atoms with E-state index in [-0.39, 0.29) is 11.9 Å². The van der Waals surface area contributed by atoms with Crippen molar-refractivity contribution in [3.8, 4) is 0 Å². The van der Waals surface area contributed by atoms with Crippen LogP contribution in [-0.2, 0) is 11.3 Å². The lowest BCUT2D eigenvalue weighted by Crippen LogP contribution is -2.41. The van der Waals surface area contributed by atoms with E-state index in [0.29, 0.717) is 30.8 Å². The Morgan fingerprint density at radius 2 is 2.16 bits per heavy atom. The average Bonchev–Trinajstić information content (AvgIpc) is 2.94. The number of aryl methyl sites for hydroxylation is 2. The average molecular weight is 344 g/mol. The topological polar surface area (TPSA) is 75.6 Å². The van der Waals surface area contributed by atoms with Crippen molar-refractivity contribution in [2.75, 3.05) is 13.1 Å². The van der Waals surface area contributed by atoms with Crippen molar-refractivity contribution in [2.45, 2.75) is 58.2 Å². The lowest BCUT2D eigenvalue weighted by Gasteiger charge is -2.27. The van der Waals surface area contributed by atoms with E-state index in [9.17, 15) is 4.79 Å². The number of hydrogen-bond acceptors (Lipinski definition) is 6. The van der Waals surface area contributed by atoms with E-state index in [1.54, 1.807) is 6.92 Å². The molecular formula is C18H24N4O3. The van der Waals surface area contributed by atoms with E-state index in [1.807, 2.05) is 24.0 Å². The highest BCUT2D eigenvalue weighted by Crippen LogP contribution is 2.32. The number of rotatable bonds is 6. The number of furan rings is 1. The van der Waals surface area contributed by atoms with Gasteiger partial charge in [0.15, 0.2) is 5.82 Å². The van der Waals surface area contributed by atoms with Gasteiger partial charge >= 0.3 is 0 Å². The number of likely N-dealkylation sites (tertiary alicyclic amines) is 1. The predicted molar refractivity (Wildman–Crippen MR) is 89.6 cm³/mol. The van der Waals surface area contributed by atoms with Crippen LogP contribution in [0.5, 0.6) is 0 Å². The Kier molecular flexibility index (Phi) is 4.33. The highest BCUT2D eigenvalue weighted by Gasteiger charge is 2.36. The van der Waals surface area contributed by atoms with E-state index >= 15 is 0 Å². The first-order valence-electron chi connectivity index (χ1n) is 8.99. The monoisotopic (exact) mass is 344 g/mol. The van der Waals surface area contributed by atoms with E-state index in [0.717, 1.165) is 43.7 Å². The van der Waals surface area contributed by atoms with Crippen LogP contribution in [0, 0.1) is 13.8 Å². The lowest BCUT2D eigenvalue weighted by molar-refractivity contribution is -0.134. The zero-order valence-electron chi connectivity index (χ0n) is 14.8. The van der Waals surface area contributed by atoms with Crippen LogP contribution >= 0.6 is 0 Å². The molecule has 1 saturated carbocycles. The standard InChI is InChI=1S/C18H24N4O3/c1-12-5-8-15(24-12)10-22(14-6-7-14)17(23)11-21-9-3-4-16(21)18-19-13(2)25-20-18/h5,8,14,16H,3-4,6-7,9-11H2,1-2H3/t16-/m1/s1. The first-order valence-corrected chi connectivity index (χ1v) is 8.99. The minimum atomic E-state index is 0.0771. The predicted octanol–water partition coefficient (Wildman–Crippen LogP) is 2.61. The minimum Gasteiger partial charge on any atom is -0.464 e. The summed E-state index contributed by atoms with van der Waals surface area (Å²) >= 11 is 0. The molecular weight excluding hydrogens is 320 g/mol. The zero-order valence-corrected chi connectivity index (χ0v) is 14.8. The molecule has 0 N–H and O–H groups in total. The van der Waals surface area contributed by atoms with Crippen molar-refractivity contribution < 1.29 is 13.7 Å². The molecule has 2 aromatic rings. The summed E-state index contributed by atoms with van der Waals surface area (Å²) in [6.45, 7) is 5.56. The Hall–Kier alpha value is -2.15. The second-order valence-corrected chi connectivity index (χ2v) is 7.07. The van der Waals surface area contributed by atoms with Gasteiger partial charge in [-0.1, -0.05) is 5.16 Å². The molecule has 134 valence electrons. The molecule has 0 unspecified atom stereocenters. The number of aromatic nitrogens is 2. The van der Waals surface area contributed by atoms with Crippen LogP contribution in [0.3, 0.4) is 0 Å². The first kappa shape index (κ1) is 16.3. The Morgan fingerprint density at radius 1 is 1.32 bits per heavy atom. The van der Waals surface area contributed by atoms with Crippen molar-refractivity contribution >= 4 is 5.91 Å². The van der Waals surface area contributed by atoms with Gasteiger partial charge in [-0.2, -0.15) is 4.98 Å². The Morgan fingerprint density at radius 3 is 2.80 bits per heavy atom. The summed E-state index contributed by atoms with van der Waals surface area (Å²) in [5.74, 6) is 3.15. The van der Waals surface area contributed by atoms with Crippen molar-refractivity contribution in [3.05, 3.63) is 35.4 Å². The van der Waals surface area contributed by atoms with Crippen molar-refractivity contribution in [1.29, 1.82) is 0 Å². The molecule has 2 aliphatic rings. The lowest BCUT2D eigenvalue weighted by atomic mass is 10.2. The molecule has 1 aliphatic heterocycles. The summed E-state index contributed by atoms with van der Waals surface area (Å²) in [7, 11) is 0. The maximum Gasteiger partial charge on any atom is 0.237 e. The molecule has 0 radical (unpaired) electrons. The molecule has 1 amide bonds. The zero-order chi connectivity index (χ0) is 17.4. The number of amides is 1. The van der Waals surface area contributed by atoms with Gasteiger partial charge in [0.2, 0.25) is 11.8 Å². The van der Waals surface area contributed by atoms with Gasteiger partial charge in [0.1, 0.15) is 11.5 Å². The van der Waals surface area contributed by atoms with Gasteiger partial charge in [0.05, 0.1) is 19.1 Å². The highest BCUT2D eigenvalue weighted by atomic mass is 16.5. The van der Waals surface area contributed by atoms with Crippen LogP contribution in [-0.4, -0.2) is 45.0 Å². The van der Waals surface area contributed by atoms with Crippen LogP contribution < -0.4 is 0 Å². The van der Waals surface area contributed by atoms with Gasteiger partial charge < -0.3 is 13.8 Å². The number of nitrogens with zero attached hydrogens (tertiary/aromatic N) is 4. The third-order valence-electron chi connectivity index (χ3n) is 4.97. The maximum absolute atomic E-state index is 13.0. The smallest absolute Gasteiger partial charge is 0.237 e. The van der Waals surface area contributed by atoms with Crippen LogP contribution in [0.25, 0.3) is 0 Å². The van der Waals surface area contributed by atoms with Gasteiger partial charge in [-0.3, -0.25) is 9.69 Å². The summed E-state index contributed by atoms with van der Waals surface area (Å²) in [4.78, 5) is 21.4. The molecule has 7 nitrogen and oxygen atoms in total. The Bertz CT molecular complexity index is 749. The molecule has 4 rings (SSSR count). The largest absolute Gasteiger partial charge is 0.464 e. The summed E-state index contributed by atoms with van der Waals surface area (Å²) in [5.41, 5.74) is 0. The third kappa shape index (κ3) is 3.61. The van der Waals surface area contributed by atoms with E-state index < -0.39 is 0 Å². The van der Waals surface area contributed by atoms with Gasteiger partial charge in [-0.15, -0.1) is 0 Å². The molecule has 7 heteroatoms. The van der Waals surface area contributed by atoms with Gasteiger partial charge in [0, 0.05) is 13.0 Å². The number of carbonyl (C=O) groups excluding carboxylic acids is 1. The Balaban J connectivity index is 1.43. The van der Waals surface area contributed by atoms with Gasteiger partial charge in [-0.25, -0.2) is 0 Å². The van der Waals surface area contributed by atoms with Gasteiger partial charge in [0.25, 0.3) is 0 Å². The highest BCUT2D eigenvalue weighted by molar-refractivity contribution is 5.79. The third-order valence-corrected chi connectivity index (χ3v) is 4.97. The van der Waals surface area contributed by atoms with E-state index in [2.05, 4.69) is 15.0 Å². The maximum atomic E-state index is 13.0. The molecule has 2 aromatic heterocycles. The molecule has 1 aliphatic carbocycles. The normalized spacial score (nSPS) is 21.0. The molecule has 0 aromatic carbocycles. The minimum absolute atomic E-state index is 0.0771. The second kappa shape index (κ2) is 6.63. The van der Waals surface area contributed by atoms with Crippen LogP contribution in [0.15, 0.2) is 21.1 Å². The van der Waals surface area contributed by atoms with Crippen LogP contribution in [0.1, 0.15) is 55.0 Å². The number of hydrogen-bond donors (Lipinski definition) is 0. The molecule has 1 atom stereocenters. The van der Waals surface area contributed by atoms with Crippen molar-refractivity contribution in [1.82, 2.24) is 19.9 Å². The number of carbonyl (C=O) groups is 1. The second-order valence-electron chi connectivity index (χ2n) is 7.07. The van der Waals surface area contributed by atoms with Crippen molar-refractivity contribution in [2.24, 2.45) is 0 Å². The fraction of sp³-hybridized carbons (Fsp3) is 0.611. The van der Waals surface area contributed by atoms with E-state index in [4.69, 9.17) is 8.94 Å². The summed E-state index contributed by atoms with van der Waals surface area (Å²) in [6.07, 6.45) is 4.18. The summed E-state index contributed by atoms with van der Waals surface area (Å²) in [6, 6.07) is 4.33. The summed E-state index contributed by atoms with van der Waals surface area (Å²) in [5, 5.41) is 4.05. The van der Waals surface area contributed by atoms with Gasteiger partial charge in [-0.05, 0) is 51.3 Å². The molecule has 3 heterocycles. The summed E-state index contributed by atoms with van der Waals surface area (Å²) < 4.78 is 10.8. The molecule has 2 fully saturated rings. The molecule has 0 bridgehead atoms.